The van der Waals surface area contributed by atoms with E-state index >= 15 is 0 Å². The maximum Gasteiger partial charge on any atom is 0.133 e. The van der Waals surface area contributed by atoms with Crippen molar-refractivity contribution in [3.63, 3.8) is 0 Å². The van der Waals surface area contributed by atoms with Crippen LogP contribution in [0.2, 0.25) is 0 Å². The van der Waals surface area contributed by atoms with Gasteiger partial charge in [0.1, 0.15) is 11.6 Å². The summed E-state index contributed by atoms with van der Waals surface area (Å²) in [6.45, 7) is 4.69. The van der Waals surface area contributed by atoms with E-state index in [1.807, 2.05) is 13.8 Å². The van der Waals surface area contributed by atoms with E-state index in [0.29, 0.717) is 0 Å². The predicted molar refractivity (Wildman–Crippen MR) is 60.9 cm³/mol. The second-order valence-corrected chi connectivity index (χ2v) is 4.26. The number of hydrogen-bond donors (Lipinski definition) is 2. The lowest BCUT2D eigenvalue weighted by Crippen LogP contribution is -2.26. The van der Waals surface area contributed by atoms with Crippen molar-refractivity contribution in [3.8, 4) is 0 Å². The van der Waals surface area contributed by atoms with Gasteiger partial charge in [-0.15, -0.1) is 0 Å². The number of aromatic nitrogens is 2. The molecule has 0 saturated heterocycles. The Bertz CT molecular complexity index is 360. The molecule has 4 heteroatoms. The molecule has 82 valence electrons. The zero-order valence-corrected chi connectivity index (χ0v) is 9.38. The summed E-state index contributed by atoms with van der Waals surface area (Å²) in [7, 11) is 0. The van der Waals surface area contributed by atoms with Gasteiger partial charge in [0.05, 0.1) is 0 Å². The molecule has 1 heterocycles. The summed E-state index contributed by atoms with van der Waals surface area (Å²) < 4.78 is 0. The molecule has 4 nitrogen and oxygen atoms in total. The Hall–Kier alpha value is -1.16. The second kappa shape index (κ2) is 4.14. The molecule has 1 aromatic heterocycles. The molecule has 0 radical (unpaired) electrons. The highest BCUT2D eigenvalue weighted by Gasteiger charge is 2.18. The SMILES string of the molecule is Cc1nc2c(c(NCC(C)N)n1)CCC2. The van der Waals surface area contributed by atoms with E-state index in [-0.39, 0.29) is 6.04 Å². The zero-order valence-electron chi connectivity index (χ0n) is 9.38. The van der Waals surface area contributed by atoms with Crippen LogP contribution in [0.25, 0.3) is 0 Å². The molecular weight excluding hydrogens is 188 g/mol. The Kier molecular flexibility index (Phi) is 2.86. The molecule has 3 N–H and O–H groups in total. The molecule has 0 saturated carbocycles. The number of fused-ring (bicyclic) bond motifs is 1. The summed E-state index contributed by atoms with van der Waals surface area (Å²) in [6.07, 6.45) is 3.38. The van der Waals surface area contributed by atoms with Gasteiger partial charge < -0.3 is 11.1 Å². The summed E-state index contributed by atoms with van der Waals surface area (Å²) in [5.41, 5.74) is 8.23. The Labute approximate surface area is 90.3 Å². The van der Waals surface area contributed by atoms with Crippen LogP contribution in [0.15, 0.2) is 0 Å². The Morgan fingerprint density at radius 1 is 1.40 bits per heavy atom. The van der Waals surface area contributed by atoms with E-state index in [4.69, 9.17) is 5.73 Å². The number of aryl methyl sites for hydroxylation is 2. The van der Waals surface area contributed by atoms with E-state index in [1.165, 1.54) is 17.7 Å². The Morgan fingerprint density at radius 2 is 2.20 bits per heavy atom. The van der Waals surface area contributed by atoms with Gasteiger partial charge in [0, 0.05) is 23.8 Å². The Morgan fingerprint density at radius 3 is 2.93 bits per heavy atom. The molecule has 0 bridgehead atoms. The molecule has 0 aromatic carbocycles. The van der Waals surface area contributed by atoms with Crippen LogP contribution in [0.5, 0.6) is 0 Å². The van der Waals surface area contributed by atoms with Crippen LogP contribution in [0.3, 0.4) is 0 Å². The van der Waals surface area contributed by atoms with Crippen LogP contribution < -0.4 is 11.1 Å². The maximum atomic E-state index is 5.72. The van der Waals surface area contributed by atoms with Crippen molar-refractivity contribution in [1.29, 1.82) is 0 Å². The molecule has 1 aliphatic carbocycles. The predicted octanol–water partition coefficient (Wildman–Crippen LogP) is 1.03. The fourth-order valence-electron chi connectivity index (χ4n) is 1.96. The van der Waals surface area contributed by atoms with Gasteiger partial charge in [-0.3, -0.25) is 0 Å². The van der Waals surface area contributed by atoms with Crippen LogP contribution in [-0.2, 0) is 12.8 Å². The van der Waals surface area contributed by atoms with Crippen molar-refractivity contribution >= 4 is 5.82 Å². The summed E-state index contributed by atoms with van der Waals surface area (Å²) in [5.74, 6) is 1.84. The summed E-state index contributed by atoms with van der Waals surface area (Å²) >= 11 is 0. The molecule has 1 atom stereocenters. The van der Waals surface area contributed by atoms with Gasteiger partial charge in [0.15, 0.2) is 0 Å². The molecule has 15 heavy (non-hydrogen) atoms. The number of hydrogen-bond acceptors (Lipinski definition) is 4. The van der Waals surface area contributed by atoms with E-state index in [0.717, 1.165) is 31.0 Å². The fraction of sp³-hybridized carbons (Fsp3) is 0.636. The minimum absolute atomic E-state index is 0.150. The molecule has 1 unspecified atom stereocenters. The molecule has 0 amide bonds. The molecular formula is C11H18N4. The lowest BCUT2D eigenvalue weighted by molar-refractivity contribution is 0.774. The normalized spacial score (nSPS) is 16.2. The molecule has 0 spiro atoms. The van der Waals surface area contributed by atoms with Crippen LogP contribution in [0.1, 0.15) is 30.4 Å². The van der Waals surface area contributed by atoms with Crippen LogP contribution in [0.4, 0.5) is 5.82 Å². The molecule has 0 fully saturated rings. The van der Waals surface area contributed by atoms with Gasteiger partial charge in [0.2, 0.25) is 0 Å². The number of nitrogens with two attached hydrogens (primary N) is 1. The highest BCUT2D eigenvalue weighted by molar-refractivity contribution is 5.48. The average Bonchev–Trinajstić information content (AvgIpc) is 2.61. The number of rotatable bonds is 3. The first-order valence-electron chi connectivity index (χ1n) is 5.52. The van der Waals surface area contributed by atoms with Crippen molar-refractivity contribution in [2.45, 2.75) is 39.2 Å². The molecule has 0 aliphatic heterocycles. The third-order valence-electron chi connectivity index (χ3n) is 2.64. The van der Waals surface area contributed by atoms with Gasteiger partial charge in [-0.1, -0.05) is 0 Å². The maximum absolute atomic E-state index is 5.72. The topological polar surface area (TPSA) is 63.8 Å². The van der Waals surface area contributed by atoms with Gasteiger partial charge in [-0.2, -0.15) is 0 Å². The zero-order chi connectivity index (χ0) is 10.8. The first-order valence-corrected chi connectivity index (χ1v) is 5.52. The van der Waals surface area contributed by atoms with Crippen molar-refractivity contribution < 1.29 is 0 Å². The van der Waals surface area contributed by atoms with E-state index in [2.05, 4.69) is 15.3 Å². The first-order chi connectivity index (χ1) is 7.16. The van der Waals surface area contributed by atoms with Crippen molar-refractivity contribution in [1.82, 2.24) is 9.97 Å². The van der Waals surface area contributed by atoms with E-state index in [1.54, 1.807) is 0 Å². The smallest absolute Gasteiger partial charge is 0.133 e. The van der Waals surface area contributed by atoms with Gasteiger partial charge in [-0.05, 0) is 33.1 Å². The van der Waals surface area contributed by atoms with Gasteiger partial charge >= 0.3 is 0 Å². The second-order valence-electron chi connectivity index (χ2n) is 4.26. The number of nitrogens with zero attached hydrogens (tertiary/aromatic N) is 2. The van der Waals surface area contributed by atoms with Crippen molar-refractivity contribution in [3.05, 3.63) is 17.1 Å². The lowest BCUT2D eigenvalue weighted by Gasteiger charge is -2.12. The van der Waals surface area contributed by atoms with Crippen molar-refractivity contribution in [2.24, 2.45) is 5.73 Å². The fourth-order valence-corrected chi connectivity index (χ4v) is 1.96. The molecule has 1 aromatic rings. The van der Waals surface area contributed by atoms with Crippen LogP contribution in [0, 0.1) is 6.92 Å². The van der Waals surface area contributed by atoms with Gasteiger partial charge in [0.25, 0.3) is 0 Å². The van der Waals surface area contributed by atoms with Crippen LogP contribution >= 0.6 is 0 Å². The standard InChI is InChI=1S/C11H18N4/c1-7(12)6-13-11-9-4-3-5-10(9)14-8(2)15-11/h7H,3-6,12H2,1-2H3,(H,13,14,15). The minimum atomic E-state index is 0.150. The lowest BCUT2D eigenvalue weighted by atomic mass is 10.2. The van der Waals surface area contributed by atoms with E-state index < -0.39 is 0 Å². The van der Waals surface area contributed by atoms with Crippen molar-refractivity contribution in [2.75, 3.05) is 11.9 Å². The monoisotopic (exact) mass is 206 g/mol. The van der Waals surface area contributed by atoms with Crippen LogP contribution in [-0.4, -0.2) is 22.6 Å². The first kappa shape index (κ1) is 10.4. The number of nitrogens with one attached hydrogen (secondary N) is 1. The minimum Gasteiger partial charge on any atom is -0.368 e. The molecule has 2 rings (SSSR count). The number of anilines is 1. The highest BCUT2D eigenvalue weighted by atomic mass is 15.0. The quantitative estimate of drug-likeness (QED) is 0.775. The average molecular weight is 206 g/mol. The molecule has 1 aliphatic rings. The Balaban J connectivity index is 2.22. The third kappa shape index (κ3) is 2.26. The summed E-state index contributed by atoms with van der Waals surface area (Å²) in [6, 6.07) is 0.150. The van der Waals surface area contributed by atoms with E-state index in [9.17, 15) is 0 Å². The summed E-state index contributed by atoms with van der Waals surface area (Å²) in [4.78, 5) is 8.90. The largest absolute Gasteiger partial charge is 0.368 e. The summed E-state index contributed by atoms with van der Waals surface area (Å²) in [5, 5.41) is 3.31. The third-order valence-corrected chi connectivity index (χ3v) is 2.64. The van der Waals surface area contributed by atoms with Gasteiger partial charge in [-0.25, -0.2) is 9.97 Å². The highest BCUT2D eigenvalue weighted by Crippen LogP contribution is 2.25.